The van der Waals surface area contributed by atoms with E-state index in [0.29, 0.717) is 44.9 Å². The third-order valence-corrected chi connectivity index (χ3v) is 8.65. The van der Waals surface area contributed by atoms with Gasteiger partial charge in [0.05, 0.1) is 31.2 Å². The molecule has 0 unspecified atom stereocenters. The Morgan fingerprint density at radius 3 is 1.10 bits per heavy atom. The molecule has 0 amide bonds. The molecule has 2 N–H and O–H groups in total. The standard InChI is InChI=1S/C22H11F9O2.C8H8BF3O2.C6H2Br2O2.B3.B2.B/c1-10-2-11(4-13(3-10)20(23,24)25)16-8-19(33)17(9-18(16)32)12-5-14(21(26,27)28)7-15(6-12)22(29,30)31;1-5-2-6(8(10,11)12)4-7(3-5)9(13)14;7-3-1-5(9)4(8)2-6(3)10;1-3-2;1-2;/h2-9H,1H3;2-4,13-14H,1H3;1-2H;;;. The van der Waals surface area contributed by atoms with Gasteiger partial charge in [0.25, 0.3) is 0 Å². The molecule has 0 saturated heterocycles. The molecule has 0 aliphatic heterocycles. The first kappa shape index (κ1) is 58.8. The fourth-order valence-electron chi connectivity index (χ4n) is 4.86. The molecule has 0 bridgehead atoms. The summed E-state index contributed by atoms with van der Waals surface area (Å²) in [5, 5.41) is 17.5. The molecule has 63 heavy (non-hydrogen) atoms. The summed E-state index contributed by atoms with van der Waals surface area (Å²) in [6.07, 6.45) is -16.0. The van der Waals surface area contributed by atoms with Crippen molar-refractivity contribution < 1.29 is 81.9 Å². The fourth-order valence-corrected chi connectivity index (χ4v) is 5.50. The van der Waals surface area contributed by atoms with Gasteiger partial charge >= 0.3 is 31.8 Å². The van der Waals surface area contributed by atoms with Crippen molar-refractivity contribution in [3.05, 3.63) is 132 Å². The maximum Gasteiger partial charge on any atom is 0.488 e. The molecule has 3 aromatic carbocycles. The lowest BCUT2D eigenvalue weighted by molar-refractivity contribution is -0.143. The van der Waals surface area contributed by atoms with Crippen LogP contribution in [-0.4, -0.2) is 86.7 Å². The van der Waals surface area contributed by atoms with Crippen LogP contribution in [0.2, 0.25) is 0 Å². The number of allylic oxidation sites excluding steroid dienone is 8. The molecule has 27 heteroatoms. The van der Waals surface area contributed by atoms with E-state index in [1.54, 1.807) is 0 Å². The Morgan fingerprint density at radius 1 is 0.492 bits per heavy atom. The number of halogens is 14. The van der Waals surface area contributed by atoms with E-state index in [4.69, 9.17) is 10.0 Å². The smallest absolute Gasteiger partial charge is 0.423 e. The Hall–Kier alpha value is -4.21. The van der Waals surface area contributed by atoms with E-state index in [1.165, 1.54) is 38.1 Å². The van der Waals surface area contributed by atoms with E-state index in [-0.39, 0.29) is 42.6 Å². The summed E-state index contributed by atoms with van der Waals surface area (Å²) < 4.78 is 155. The number of hydrogen-bond acceptors (Lipinski definition) is 6. The van der Waals surface area contributed by atoms with Crippen LogP contribution >= 0.6 is 31.9 Å². The minimum atomic E-state index is -5.17. The van der Waals surface area contributed by atoms with Crippen molar-refractivity contribution in [3.63, 3.8) is 0 Å². The largest absolute Gasteiger partial charge is 0.488 e. The van der Waals surface area contributed by atoms with E-state index < -0.39 is 82.4 Å². The molecule has 5 rings (SSSR count). The first-order chi connectivity index (χ1) is 28.3. The average molecular weight is 1010 g/mol. The lowest BCUT2D eigenvalue weighted by atomic mass is 9.40. The van der Waals surface area contributed by atoms with E-state index >= 15 is 0 Å². The van der Waals surface area contributed by atoms with E-state index in [9.17, 15) is 71.9 Å². The normalized spacial score (nSPS) is 13.9. The Balaban J connectivity index is 0.00000105. The molecular formula is C36H21B7Br2F12O6. The zero-order valence-corrected chi connectivity index (χ0v) is 35.0. The molecule has 2 aliphatic carbocycles. The molecule has 0 saturated carbocycles. The maximum atomic E-state index is 13.1. The van der Waals surface area contributed by atoms with Crippen LogP contribution in [-0.2, 0) is 43.9 Å². The molecule has 6 nitrogen and oxygen atoms in total. The van der Waals surface area contributed by atoms with Crippen LogP contribution in [0.1, 0.15) is 44.5 Å². The Labute approximate surface area is 376 Å². The summed E-state index contributed by atoms with van der Waals surface area (Å²) in [7, 11) is 16.1. The highest BCUT2D eigenvalue weighted by molar-refractivity contribution is 9.12. The van der Waals surface area contributed by atoms with Gasteiger partial charge in [-0.3, -0.25) is 19.2 Å². The summed E-state index contributed by atoms with van der Waals surface area (Å²) in [6.45, 7) is 2.78. The van der Waals surface area contributed by atoms with E-state index in [0.717, 1.165) is 25.3 Å². The number of hydrogen-bond donors (Lipinski definition) is 2. The Morgan fingerprint density at radius 2 is 0.778 bits per heavy atom. The third-order valence-electron chi connectivity index (χ3n) is 7.41. The summed E-state index contributed by atoms with van der Waals surface area (Å²) in [5.74, 6) is -2.56. The van der Waals surface area contributed by atoms with Gasteiger partial charge in [0.2, 0.25) is 0 Å². The first-order valence-corrected chi connectivity index (χ1v) is 17.9. The highest BCUT2D eigenvalue weighted by atomic mass is 79.9. The first-order valence-electron chi connectivity index (χ1n) is 16.3. The van der Waals surface area contributed by atoms with Crippen molar-refractivity contribution in [3.8, 4) is 0 Å². The van der Waals surface area contributed by atoms with Crippen molar-refractivity contribution in [2.45, 2.75) is 38.6 Å². The molecule has 0 aromatic heterocycles. The van der Waals surface area contributed by atoms with Crippen LogP contribution < -0.4 is 5.46 Å². The molecule has 2 aliphatic rings. The van der Waals surface area contributed by atoms with Crippen LogP contribution in [0.5, 0.6) is 0 Å². The number of benzene rings is 3. The number of carbonyl (C=O) groups excluding carboxylic acids is 4. The molecule has 0 fully saturated rings. The molecule has 0 heterocycles. The van der Waals surface area contributed by atoms with Crippen molar-refractivity contribution >= 4 is 125 Å². The maximum absolute atomic E-state index is 13.1. The van der Waals surface area contributed by atoms with Gasteiger partial charge in [-0.25, -0.2) is 0 Å². The van der Waals surface area contributed by atoms with Gasteiger partial charge in [0, 0.05) is 69.7 Å². The number of rotatable bonds is 3. The highest BCUT2D eigenvalue weighted by Crippen LogP contribution is 2.39. The SMILES string of the molecule is Cc1cc(B(O)O)cc(C(F)(F)F)c1.Cc1cc(C2=CC(=O)C(c3cc(C(F)(F)F)cc(C(F)(F)F)c3)=CC2=O)cc(C(F)(F)F)c1.O=C1C=C(Br)C(=O)C=C1Br.[B].[B][B].[B][B][B]. The molecular weight excluding hydrogens is 992 g/mol. The average Bonchev–Trinajstić information content (AvgIpc) is 3.14. The minimum absolute atomic E-state index is 0. The Kier molecular flexibility index (Phi) is 22.6. The number of ketones is 4. The third kappa shape index (κ3) is 18.1. The fraction of sp³-hybridized carbons (Fsp3) is 0.167. The molecule has 3 aromatic rings. The van der Waals surface area contributed by atoms with Gasteiger partial charge in [0.15, 0.2) is 23.1 Å². The highest BCUT2D eigenvalue weighted by Gasteiger charge is 2.38. The number of carbonyl (C=O) groups is 4. The zero-order chi connectivity index (χ0) is 48.3. The predicted molar refractivity (Wildman–Crippen MR) is 223 cm³/mol. The van der Waals surface area contributed by atoms with Crippen LogP contribution in [0.25, 0.3) is 11.1 Å². The second-order valence-corrected chi connectivity index (χ2v) is 13.8. The van der Waals surface area contributed by atoms with Crippen molar-refractivity contribution in [1.29, 1.82) is 0 Å². The lowest BCUT2D eigenvalue weighted by Gasteiger charge is -2.18. The predicted octanol–water partition coefficient (Wildman–Crippen LogP) is 6.77. The van der Waals surface area contributed by atoms with Crippen molar-refractivity contribution in [2.24, 2.45) is 0 Å². The van der Waals surface area contributed by atoms with Crippen LogP contribution in [0.15, 0.2) is 87.9 Å². The van der Waals surface area contributed by atoms with Crippen molar-refractivity contribution in [2.75, 3.05) is 0 Å². The summed E-state index contributed by atoms with van der Waals surface area (Å²) in [6, 6.07) is 6.03. The summed E-state index contributed by atoms with van der Waals surface area (Å²) >= 11 is 5.89. The van der Waals surface area contributed by atoms with Crippen LogP contribution in [0.4, 0.5) is 52.7 Å². The van der Waals surface area contributed by atoms with Gasteiger partial charge in [0.1, 0.15) is 0 Å². The molecule has 320 valence electrons. The van der Waals surface area contributed by atoms with E-state index in [2.05, 4.69) is 62.8 Å². The van der Waals surface area contributed by atoms with Crippen LogP contribution in [0, 0.1) is 13.8 Å². The second-order valence-electron chi connectivity index (χ2n) is 12.1. The van der Waals surface area contributed by atoms with Gasteiger partial charge in [-0.1, -0.05) is 23.8 Å². The quantitative estimate of drug-likeness (QED) is 0.171. The zero-order valence-electron chi connectivity index (χ0n) is 31.9. The van der Waals surface area contributed by atoms with Gasteiger partial charge in [-0.05, 0) is 116 Å². The van der Waals surface area contributed by atoms with Gasteiger partial charge < -0.3 is 10.0 Å². The number of alkyl halides is 12. The molecule has 0 atom stereocenters. The van der Waals surface area contributed by atoms with Gasteiger partial charge in [-0.15, -0.1) is 0 Å². The monoisotopic (exact) mass is 1010 g/mol. The van der Waals surface area contributed by atoms with Gasteiger partial charge in [-0.2, -0.15) is 52.7 Å². The van der Waals surface area contributed by atoms with Crippen LogP contribution in [0.3, 0.4) is 0 Å². The summed E-state index contributed by atoms with van der Waals surface area (Å²) in [5.41, 5.74) is -7.33. The molecule has 12 radical (unpaired) electrons. The minimum Gasteiger partial charge on any atom is -0.423 e. The summed E-state index contributed by atoms with van der Waals surface area (Å²) in [4.78, 5) is 46.6. The molecule has 0 spiro atoms. The second kappa shape index (κ2) is 24.2. The topological polar surface area (TPSA) is 109 Å². The van der Waals surface area contributed by atoms with Crippen molar-refractivity contribution in [1.82, 2.24) is 0 Å². The lowest BCUT2D eigenvalue weighted by Crippen LogP contribution is -2.31. The van der Waals surface area contributed by atoms with E-state index in [1.807, 2.05) is 0 Å². The number of aryl methyl sites for hydroxylation is 2. The Bertz CT molecular complexity index is 2230.